The fraction of sp³-hybridized carbons (Fsp3) is 0.938. The maximum Gasteiger partial charge on any atom is 0.309 e. The number of ether oxygens (including phenoxy) is 1. The van der Waals surface area contributed by atoms with Gasteiger partial charge in [0.1, 0.15) is 6.10 Å². The molecule has 0 aromatic rings. The summed E-state index contributed by atoms with van der Waals surface area (Å²) < 4.78 is 5.77. The lowest BCUT2D eigenvalue weighted by Crippen LogP contribution is -2.55. The molecule has 1 aliphatic heterocycles. The number of rotatable bonds is 1. The van der Waals surface area contributed by atoms with Crippen LogP contribution in [-0.4, -0.2) is 23.3 Å². The minimum absolute atomic E-state index is 0.00835. The molecule has 3 nitrogen and oxygen atoms in total. The molecule has 1 heterocycles. The minimum atomic E-state index is -0.228. The topological polar surface area (TPSA) is 46.5 Å². The molecule has 108 valence electrons. The van der Waals surface area contributed by atoms with Crippen LogP contribution in [-0.2, 0) is 9.53 Å². The highest BCUT2D eigenvalue weighted by molar-refractivity contribution is 5.75. The van der Waals surface area contributed by atoms with Gasteiger partial charge >= 0.3 is 5.97 Å². The normalized spacial score (nSPS) is 53.4. The summed E-state index contributed by atoms with van der Waals surface area (Å²) in [4.78, 5) is 12.1. The molecular formula is C16H26O3. The average molecular weight is 266 g/mol. The molecule has 3 fully saturated rings. The fourth-order valence-corrected chi connectivity index (χ4v) is 5.20. The number of carbonyl (C=O) groups is 1. The number of fused-ring (bicyclic) bond motifs is 3. The second kappa shape index (κ2) is 4.47. The molecular weight excluding hydrogens is 240 g/mol. The molecule has 0 radical (unpaired) electrons. The maximum atomic E-state index is 12.1. The lowest BCUT2D eigenvalue weighted by molar-refractivity contribution is -0.166. The van der Waals surface area contributed by atoms with Crippen molar-refractivity contribution >= 4 is 5.97 Å². The lowest BCUT2D eigenvalue weighted by Gasteiger charge is -2.54. The smallest absolute Gasteiger partial charge is 0.309 e. The summed E-state index contributed by atoms with van der Waals surface area (Å²) in [5.74, 6) is 1.39. The van der Waals surface area contributed by atoms with E-state index in [1.54, 1.807) is 0 Å². The third kappa shape index (κ3) is 1.77. The first-order valence-corrected chi connectivity index (χ1v) is 7.87. The van der Waals surface area contributed by atoms with Crippen LogP contribution in [0.5, 0.6) is 0 Å². The van der Waals surface area contributed by atoms with Crippen LogP contribution in [0.25, 0.3) is 0 Å². The van der Waals surface area contributed by atoms with Crippen LogP contribution in [0.3, 0.4) is 0 Å². The van der Waals surface area contributed by atoms with Gasteiger partial charge in [-0.25, -0.2) is 0 Å². The SMILES string of the molecule is CC[C@@H]1C(=O)O[C@@H]2C3C(C)CC[C@@H](O)[C@]3(C)CC[C@@H]12. The summed E-state index contributed by atoms with van der Waals surface area (Å²) in [6.45, 7) is 6.56. The van der Waals surface area contributed by atoms with Gasteiger partial charge in [0.2, 0.25) is 0 Å². The molecule has 0 bridgehead atoms. The number of esters is 1. The maximum absolute atomic E-state index is 12.1. The highest BCUT2D eigenvalue weighted by atomic mass is 16.6. The molecule has 1 saturated heterocycles. The quantitative estimate of drug-likeness (QED) is 0.742. The predicted octanol–water partition coefficient (Wildman–Crippen LogP) is 2.76. The molecule has 3 rings (SSSR count). The molecule has 0 aromatic carbocycles. The van der Waals surface area contributed by atoms with Crippen LogP contribution in [0, 0.1) is 29.1 Å². The number of carbonyl (C=O) groups excluding carboxylic acids is 1. The van der Waals surface area contributed by atoms with Crippen molar-refractivity contribution in [2.75, 3.05) is 0 Å². The van der Waals surface area contributed by atoms with Gasteiger partial charge in [0.05, 0.1) is 12.0 Å². The van der Waals surface area contributed by atoms with Crippen LogP contribution in [0.15, 0.2) is 0 Å². The van der Waals surface area contributed by atoms with E-state index < -0.39 is 0 Å². The van der Waals surface area contributed by atoms with Gasteiger partial charge in [-0.15, -0.1) is 0 Å². The second-order valence-corrected chi connectivity index (χ2v) is 7.22. The number of aliphatic hydroxyl groups is 1. The zero-order chi connectivity index (χ0) is 13.8. The van der Waals surface area contributed by atoms with Gasteiger partial charge in [0.25, 0.3) is 0 Å². The molecule has 7 atom stereocenters. The van der Waals surface area contributed by atoms with Crippen LogP contribution in [0.2, 0.25) is 0 Å². The Balaban J connectivity index is 1.93. The van der Waals surface area contributed by atoms with Crippen molar-refractivity contribution < 1.29 is 14.6 Å². The summed E-state index contributed by atoms with van der Waals surface area (Å²) in [5.41, 5.74) is -0.0538. The molecule has 2 unspecified atom stereocenters. The highest BCUT2D eigenvalue weighted by Crippen LogP contribution is 2.58. The number of hydrogen-bond acceptors (Lipinski definition) is 3. The van der Waals surface area contributed by atoms with E-state index in [-0.39, 0.29) is 29.5 Å². The van der Waals surface area contributed by atoms with E-state index in [4.69, 9.17) is 4.74 Å². The van der Waals surface area contributed by atoms with E-state index in [1.165, 1.54) is 0 Å². The highest BCUT2D eigenvalue weighted by Gasteiger charge is 2.59. The third-order valence-electron chi connectivity index (χ3n) is 6.34. The first kappa shape index (κ1) is 13.4. The van der Waals surface area contributed by atoms with Crippen LogP contribution in [0.1, 0.15) is 52.9 Å². The van der Waals surface area contributed by atoms with E-state index in [1.807, 2.05) is 0 Å². The summed E-state index contributed by atoms with van der Waals surface area (Å²) >= 11 is 0. The van der Waals surface area contributed by atoms with Crippen LogP contribution >= 0.6 is 0 Å². The summed E-state index contributed by atoms with van der Waals surface area (Å²) in [5, 5.41) is 10.4. The van der Waals surface area contributed by atoms with E-state index in [0.717, 1.165) is 32.1 Å². The molecule has 3 heteroatoms. The first-order chi connectivity index (χ1) is 8.99. The van der Waals surface area contributed by atoms with E-state index >= 15 is 0 Å². The monoisotopic (exact) mass is 266 g/mol. The minimum Gasteiger partial charge on any atom is -0.461 e. The molecule has 3 aliphatic rings. The van der Waals surface area contributed by atoms with Gasteiger partial charge in [-0.1, -0.05) is 20.8 Å². The van der Waals surface area contributed by atoms with Gasteiger partial charge < -0.3 is 9.84 Å². The molecule has 1 N–H and O–H groups in total. The molecule has 19 heavy (non-hydrogen) atoms. The van der Waals surface area contributed by atoms with Crippen LogP contribution < -0.4 is 0 Å². The van der Waals surface area contributed by atoms with Crippen molar-refractivity contribution in [3.63, 3.8) is 0 Å². The van der Waals surface area contributed by atoms with Gasteiger partial charge in [0, 0.05) is 17.3 Å². The Morgan fingerprint density at radius 1 is 1.37 bits per heavy atom. The average Bonchev–Trinajstić information content (AvgIpc) is 2.69. The molecule has 0 spiro atoms. The second-order valence-electron chi connectivity index (χ2n) is 7.22. The molecule has 0 amide bonds. The first-order valence-electron chi connectivity index (χ1n) is 7.87. The number of hydrogen-bond donors (Lipinski definition) is 1. The zero-order valence-electron chi connectivity index (χ0n) is 12.3. The van der Waals surface area contributed by atoms with E-state index in [0.29, 0.717) is 17.8 Å². The Morgan fingerprint density at radius 3 is 2.79 bits per heavy atom. The van der Waals surface area contributed by atoms with Crippen molar-refractivity contribution in [2.24, 2.45) is 29.1 Å². The standard InChI is InChI=1S/C16H26O3/c1-4-10-11-7-8-16(3)12(17)6-5-9(2)13(16)14(11)19-15(10)18/h9-14,17H,4-8H2,1-3H3/t9?,10-,11-,12+,13?,14-,16-/m0/s1. The van der Waals surface area contributed by atoms with Gasteiger partial charge in [0.15, 0.2) is 0 Å². The molecule has 2 aliphatic carbocycles. The van der Waals surface area contributed by atoms with Crippen molar-refractivity contribution in [3.05, 3.63) is 0 Å². The van der Waals surface area contributed by atoms with Crippen molar-refractivity contribution in [2.45, 2.75) is 65.1 Å². The largest absolute Gasteiger partial charge is 0.461 e. The lowest BCUT2D eigenvalue weighted by atomic mass is 9.52. The van der Waals surface area contributed by atoms with Crippen molar-refractivity contribution in [1.29, 1.82) is 0 Å². The summed E-state index contributed by atoms with van der Waals surface area (Å²) in [7, 11) is 0. The zero-order valence-corrected chi connectivity index (χ0v) is 12.3. The Kier molecular flexibility index (Phi) is 3.16. The summed E-state index contributed by atoms with van der Waals surface area (Å²) in [6, 6.07) is 0. The van der Waals surface area contributed by atoms with Gasteiger partial charge in [-0.05, 0) is 38.0 Å². The van der Waals surface area contributed by atoms with E-state index in [2.05, 4.69) is 20.8 Å². The van der Waals surface area contributed by atoms with Crippen molar-refractivity contribution in [3.8, 4) is 0 Å². The molecule has 0 aromatic heterocycles. The van der Waals surface area contributed by atoms with Gasteiger partial charge in [-0.3, -0.25) is 4.79 Å². The van der Waals surface area contributed by atoms with Crippen molar-refractivity contribution in [1.82, 2.24) is 0 Å². The Labute approximate surface area is 115 Å². The number of aliphatic hydroxyl groups excluding tert-OH is 1. The third-order valence-corrected chi connectivity index (χ3v) is 6.34. The Hall–Kier alpha value is -0.570. The fourth-order valence-electron chi connectivity index (χ4n) is 5.20. The predicted molar refractivity (Wildman–Crippen MR) is 72.4 cm³/mol. The van der Waals surface area contributed by atoms with Gasteiger partial charge in [-0.2, -0.15) is 0 Å². The Morgan fingerprint density at radius 2 is 2.11 bits per heavy atom. The van der Waals surface area contributed by atoms with Crippen LogP contribution in [0.4, 0.5) is 0 Å². The van der Waals surface area contributed by atoms with E-state index in [9.17, 15) is 9.90 Å². The Bertz CT molecular complexity index is 380. The molecule has 2 saturated carbocycles. The summed E-state index contributed by atoms with van der Waals surface area (Å²) in [6.07, 6.45) is 4.74.